The summed E-state index contributed by atoms with van der Waals surface area (Å²) in [5.41, 5.74) is 0. The number of rotatable bonds is 5. The fourth-order valence-corrected chi connectivity index (χ4v) is 2.05. The van der Waals surface area contributed by atoms with E-state index in [-0.39, 0.29) is 5.92 Å². The van der Waals surface area contributed by atoms with Crippen molar-refractivity contribution in [3.8, 4) is 0 Å². The third-order valence-corrected chi connectivity index (χ3v) is 3.42. The van der Waals surface area contributed by atoms with Crippen LogP contribution >= 0.6 is 0 Å². The molecule has 0 aliphatic carbocycles. The molecule has 0 radical (unpaired) electrons. The van der Waals surface area contributed by atoms with Crippen molar-refractivity contribution in [1.82, 2.24) is 15.5 Å². The van der Waals surface area contributed by atoms with E-state index in [1.165, 1.54) is 0 Å². The van der Waals surface area contributed by atoms with Gasteiger partial charge in [-0.2, -0.15) is 4.98 Å². The largest absolute Gasteiger partial charge is 0.381 e. The molecule has 3 unspecified atom stereocenters. The Hall–Kier alpha value is -0.940. The van der Waals surface area contributed by atoms with Gasteiger partial charge in [0.1, 0.15) is 0 Å². The molecule has 2 rings (SSSR count). The lowest BCUT2D eigenvalue weighted by molar-refractivity contribution is 0.192. The van der Waals surface area contributed by atoms with Crippen LogP contribution in [0.1, 0.15) is 50.7 Å². The zero-order valence-electron chi connectivity index (χ0n) is 10.8. The van der Waals surface area contributed by atoms with Gasteiger partial charge in [0.05, 0.1) is 12.5 Å². The third kappa shape index (κ3) is 2.84. The molecule has 1 aliphatic heterocycles. The van der Waals surface area contributed by atoms with E-state index in [4.69, 9.17) is 9.26 Å². The molecule has 0 saturated carbocycles. The zero-order valence-corrected chi connectivity index (χ0v) is 10.8. The van der Waals surface area contributed by atoms with Gasteiger partial charge in [-0.05, 0) is 19.9 Å². The van der Waals surface area contributed by atoms with E-state index in [2.05, 4.69) is 36.2 Å². The summed E-state index contributed by atoms with van der Waals surface area (Å²) in [4.78, 5) is 4.50. The number of nitrogens with zero attached hydrogens (tertiary/aromatic N) is 2. The second kappa shape index (κ2) is 5.60. The zero-order chi connectivity index (χ0) is 12.3. The summed E-state index contributed by atoms with van der Waals surface area (Å²) in [6, 6.07) is 0.341. The molecule has 1 N–H and O–H groups in total. The van der Waals surface area contributed by atoms with Crippen LogP contribution in [0.5, 0.6) is 0 Å². The third-order valence-electron chi connectivity index (χ3n) is 3.42. The van der Waals surface area contributed by atoms with Gasteiger partial charge >= 0.3 is 0 Å². The average molecular weight is 239 g/mol. The first-order valence-electron chi connectivity index (χ1n) is 6.37. The molecule has 0 amide bonds. The molecule has 1 aromatic rings. The second-order valence-electron chi connectivity index (χ2n) is 4.69. The van der Waals surface area contributed by atoms with Crippen LogP contribution in [0.15, 0.2) is 4.52 Å². The monoisotopic (exact) mass is 239 g/mol. The Morgan fingerprint density at radius 2 is 2.29 bits per heavy atom. The number of aromatic nitrogens is 2. The summed E-state index contributed by atoms with van der Waals surface area (Å²) in [6.07, 6.45) is 0.996. The molecular weight excluding hydrogens is 218 g/mol. The predicted octanol–water partition coefficient (Wildman–Crippen LogP) is 1.68. The summed E-state index contributed by atoms with van der Waals surface area (Å²) in [5.74, 6) is 2.07. The minimum absolute atomic E-state index is 0.235. The van der Waals surface area contributed by atoms with Crippen molar-refractivity contribution < 1.29 is 9.26 Å². The van der Waals surface area contributed by atoms with Crippen molar-refractivity contribution in [2.75, 3.05) is 19.8 Å². The molecule has 0 aromatic carbocycles. The van der Waals surface area contributed by atoms with Gasteiger partial charge in [0.2, 0.25) is 5.89 Å². The van der Waals surface area contributed by atoms with Gasteiger partial charge in [0, 0.05) is 18.6 Å². The molecular formula is C12H21N3O2. The maximum absolute atomic E-state index is 5.35. The molecule has 1 aromatic heterocycles. The van der Waals surface area contributed by atoms with Crippen LogP contribution < -0.4 is 5.32 Å². The fourth-order valence-electron chi connectivity index (χ4n) is 2.05. The van der Waals surface area contributed by atoms with Gasteiger partial charge in [-0.15, -0.1) is 0 Å². The second-order valence-corrected chi connectivity index (χ2v) is 4.69. The first kappa shape index (κ1) is 12.5. The molecule has 1 saturated heterocycles. The summed E-state index contributed by atoms with van der Waals surface area (Å²) < 4.78 is 10.7. The Morgan fingerprint density at radius 1 is 1.47 bits per heavy atom. The van der Waals surface area contributed by atoms with E-state index in [0.29, 0.717) is 12.0 Å². The Kier molecular flexibility index (Phi) is 4.12. The van der Waals surface area contributed by atoms with Crippen LogP contribution in [0.3, 0.4) is 0 Å². The highest BCUT2D eigenvalue weighted by molar-refractivity contribution is 5.01. The van der Waals surface area contributed by atoms with E-state index < -0.39 is 0 Å². The molecule has 17 heavy (non-hydrogen) atoms. The topological polar surface area (TPSA) is 60.2 Å². The number of hydrogen-bond donors (Lipinski definition) is 1. The van der Waals surface area contributed by atoms with Gasteiger partial charge in [0.25, 0.3) is 0 Å². The standard InChI is InChI=1S/C12H21N3O2/c1-4-13-9(3)8(2)12-14-11(15-17-12)10-5-6-16-7-10/h8-10,13H,4-7H2,1-3H3. The summed E-state index contributed by atoms with van der Waals surface area (Å²) in [7, 11) is 0. The van der Waals surface area contributed by atoms with Crippen molar-refractivity contribution in [1.29, 1.82) is 0 Å². The normalized spacial score (nSPS) is 23.8. The quantitative estimate of drug-likeness (QED) is 0.847. The Balaban J connectivity index is 2.01. The number of hydrogen-bond acceptors (Lipinski definition) is 5. The lowest BCUT2D eigenvalue weighted by Crippen LogP contribution is -2.30. The number of ether oxygens (including phenoxy) is 1. The molecule has 5 nitrogen and oxygen atoms in total. The molecule has 0 bridgehead atoms. The van der Waals surface area contributed by atoms with Gasteiger partial charge in [-0.3, -0.25) is 0 Å². The molecule has 5 heteroatoms. The maximum atomic E-state index is 5.35. The predicted molar refractivity (Wildman–Crippen MR) is 64.0 cm³/mol. The lowest BCUT2D eigenvalue weighted by atomic mass is 10.0. The van der Waals surface area contributed by atoms with Gasteiger partial charge in [-0.25, -0.2) is 0 Å². The minimum atomic E-state index is 0.235. The molecule has 2 heterocycles. The fraction of sp³-hybridized carbons (Fsp3) is 0.833. The molecule has 96 valence electrons. The van der Waals surface area contributed by atoms with Crippen molar-refractivity contribution in [3.63, 3.8) is 0 Å². The van der Waals surface area contributed by atoms with Crippen molar-refractivity contribution in [3.05, 3.63) is 11.7 Å². The van der Waals surface area contributed by atoms with Crippen LogP contribution in [0, 0.1) is 0 Å². The van der Waals surface area contributed by atoms with Crippen molar-refractivity contribution in [2.24, 2.45) is 0 Å². The van der Waals surface area contributed by atoms with Crippen LogP contribution in [-0.4, -0.2) is 35.9 Å². The maximum Gasteiger partial charge on any atom is 0.231 e. The van der Waals surface area contributed by atoms with Gasteiger partial charge in [0.15, 0.2) is 5.82 Å². The molecule has 0 spiro atoms. The number of nitrogens with one attached hydrogen (secondary N) is 1. The van der Waals surface area contributed by atoms with Crippen LogP contribution in [-0.2, 0) is 4.74 Å². The minimum Gasteiger partial charge on any atom is -0.381 e. The van der Waals surface area contributed by atoms with E-state index in [1.54, 1.807) is 0 Å². The SMILES string of the molecule is CCNC(C)C(C)c1nc(C2CCOC2)no1. The Labute approximate surface area is 102 Å². The molecule has 1 aliphatic rings. The highest BCUT2D eigenvalue weighted by Crippen LogP contribution is 2.25. The summed E-state index contributed by atoms with van der Waals surface area (Å²) in [6.45, 7) is 8.81. The first-order chi connectivity index (χ1) is 8.22. The Morgan fingerprint density at radius 3 is 2.94 bits per heavy atom. The van der Waals surface area contributed by atoms with E-state index in [1.807, 2.05) is 0 Å². The molecule has 1 fully saturated rings. The smallest absolute Gasteiger partial charge is 0.231 e. The molecule has 3 atom stereocenters. The summed E-state index contributed by atoms with van der Waals surface area (Å²) in [5, 5.41) is 7.44. The van der Waals surface area contributed by atoms with Crippen LogP contribution in [0.4, 0.5) is 0 Å². The van der Waals surface area contributed by atoms with Gasteiger partial charge in [-0.1, -0.05) is 19.0 Å². The first-order valence-corrected chi connectivity index (χ1v) is 6.37. The summed E-state index contributed by atoms with van der Waals surface area (Å²) >= 11 is 0. The van der Waals surface area contributed by atoms with Crippen LogP contribution in [0.25, 0.3) is 0 Å². The van der Waals surface area contributed by atoms with E-state index >= 15 is 0 Å². The van der Waals surface area contributed by atoms with E-state index in [9.17, 15) is 0 Å². The van der Waals surface area contributed by atoms with Crippen LogP contribution in [0.2, 0.25) is 0 Å². The van der Waals surface area contributed by atoms with Crippen molar-refractivity contribution in [2.45, 2.75) is 45.1 Å². The van der Waals surface area contributed by atoms with Crippen molar-refractivity contribution >= 4 is 0 Å². The highest BCUT2D eigenvalue weighted by atomic mass is 16.5. The Bertz CT molecular complexity index is 347. The average Bonchev–Trinajstić information content (AvgIpc) is 2.98. The lowest BCUT2D eigenvalue weighted by Gasteiger charge is -2.16. The van der Waals surface area contributed by atoms with Gasteiger partial charge < -0.3 is 14.6 Å². The number of likely N-dealkylation sites (N-methyl/N-ethyl adjacent to an activating group) is 1. The highest BCUT2D eigenvalue weighted by Gasteiger charge is 2.26. The van der Waals surface area contributed by atoms with E-state index in [0.717, 1.165) is 37.9 Å².